The van der Waals surface area contributed by atoms with Crippen molar-refractivity contribution in [1.82, 2.24) is 15.0 Å². The van der Waals surface area contributed by atoms with Crippen molar-refractivity contribution >= 4 is 29.2 Å². The van der Waals surface area contributed by atoms with Gasteiger partial charge in [0.05, 0.1) is 5.56 Å². The van der Waals surface area contributed by atoms with Crippen LogP contribution in [0, 0.1) is 11.8 Å². The van der Waals surface area contributed by atoms with Gasteiger partial charge in [-0.3, -0.25) is 5.32 Å². The molecular formula is C19H14F3N7O. The van der Waals surface area contributed by atoms with Crippen LogP contribution in [-0.4, -0.2) is 21.0 Å². The summed E-state index contributed by atoms with van der Waals surface area (Å²) in [5, 5.41) is 4.73. The lowest BCUT2D eigenvalue weighted by Crippen LogP contribution is -2.20. The monoisotopic (exact) mass is 413 g/mol. The third-order valence-corrected chi connectivity index (χ3v) is 3.71. The highest BCUT2D eigenvalue weighted by molar-refractivity contribution is 5.99. The number of urea groups is 1. The maximum absolute atomic E-state index is 12.7. The minimum absolute atomic E-state index is 0.160. The van der Waals surface area contributed by atoms with Gasteiger partial charge in [0.15, 0.2) is 0 Å². The van der Waals surface area contributed by atoms with Crippen LogP contribution in [0.5, 0.6) is 0 Å². The third kappa shape index (κ3) is 5.14. The molecule has 1 aromatic carbocycles. The number of halogens is 3. The number of carbonyl (C=O) groups is 1. The highest BCUT2D eigenvalue weighted by Crippen LogP contribution is 2.29. The summed E-state index contributed by atoms with van der Waals surface area (Å²) < 4.78 is 38.2. The van der Waals surface area contributed by atoms with Crippen molar-refractivity contribution in [2.75, 3.05) is 22.1 Å². The summed E-state index contributed by atoms with van der Waals surface area (Å²) in [7, 11) is 0. The molecule has 6 N–H and O–H groups in total. The number of hydrogen-bond acceptors (Lipinski definition) is 6. The molecule has 0 saturated heterocycles. The Morgan fingerprint density at radius 3 is 2.23 bits per heavy atom. The van der Waals surface area contributed by atoms with E-state index in [1.807, 2.05) is 0 Å². The van der Waals surface area contributed by atoms with E-state index in [0.717, 1.165) is 18.3 Å². The van der Waals surface area contributed by atoms with E-state index in [0.29, 0.717) is 16.8 Å². The molecule has 0 bridgehead atoms. The first-order valence-electron chi connectivity index (χ1n) is 8.31. The molecule has 152 valence electrons. The number of amides is 2. The van der Waals surface area contributed by atoms with Crippen molar-refractivity contribution in [2.45, 2.75) is 6.18 Å². The summed E-state index contributed by atoms with van der Waals surface area (Å²) in [4.78, 5) is 23.3. The zero-order valence-corrected chi connectivity index (χ0v) is 15.2. The number of pyridine rings is 1. The molecule has 3 rings (SSSR count). The predicted octanol–water partition coefficient (Wildman–Crippen LogP) is 3.10. The summed E-state index contributed by atoms with van der Waals surface area (Å²) in [6.07, 6.45) is -2.34. The third-order valence-electron chi connectivity index (χ3n) is 3.71. The van der Waals surface area contributed by atoms with Gasteiger partial charge in [0.2, 0.25) is 0 Å². The summed E-state index contributed by atoms with van der Waals surface area (Å²) in [6.45, 7) is 0. The van der Waals surface area contributed by atoms with Gasteiger partial charge >= 0.3 is 12.2 Å². The molecule has 3 aromatic rings. The highest BCUT2D eigenvalue weighted by atomic mass is 19.4. The molecular weight excluding hydrogens is 399 g/mol. The minimum atomic E-state index is -4.53. The average molecular weight is 413 g/mol. The zero-order chi connectivity index (χ0) is 21.7. The zero-order valence-electron chi connectivity index (χ0n) is 15.2. The minimum Gasteiger partial charge on any atom is -0.382 e. The maximum atomic E-state index is 12.7. The molecule has 2 amide bonds. The Hall–Kier alpha value is -4.33. The van der Waals surface area contributed by atoms with Crippen molar-refractivity contribution in [3.63, 3.8) is 0 Å². The molecule has 0 aliphatic carbocycles. The second kappa shape index (κ2) is 8.36. The van der Waals surface area contributed by atoms with Crippen LogP contribution in [0.2, 0.25) is 0 Å². The van der Waals surface area contributed by atoms with E-state index in [2.05, 4.69) is 37.4 Å². The SMILES string of the molecule is Nc1ncnc(N)c1C#Cc1ccc(NC(=O)Nc2cc(C(F)(F)F)ccn2)cc1. The van der Waals surface area contributed by atoms with Gasteiger partial charge in [0.1, 0.15) is 29.3 Å². The van der Waals surface area contributed by atoms with Gasteiger partial charge < -0.3 is 16.8 Å². The molecule has 0 fully saturated rings. The first kappa shape index (κ1) is 20.4. The Kier molecular flexibility index (Phi) is 5.68. The number of nitrogens with two attached hydrogens (primary N) is 2. The fourth-order valence-corrected chi connectivity index (χ4v) is 2.27. The quantitative estimate of drug-likeness (QED) is 0.478. The number of carbonyl (C=O) groups excluding carboxylic acids is 1. The lowest BCUT2D eigenvalue weighted by molar-refractivity contribution is -0.137. The Morgan fingerprint density at radius 1 is 0.933 bits per heavy atom. The Morgan fingerprint density at radius 2 is 1.60 bits per heavy atom. The summed E-state index contributed by atoms with van der Waals surface area (Å²) in [5.74, 6) is 5.72. The first-order valence-corrected chi connectivity index (χ1v) is 8.31. The highest BCUT2D eigenvalue weighted by Gasteiger charge is 2.30. The van der Waals surface area contributed by atoms with Crippen LogP contribution < -0.4 is 22.1 Å². The van der Waals surface area contributed by atoms with Gasteiger partial charge in [-0.05, 0) is 36.4 Å². The number of anilines is 4. The molecule has 11 heteroatoms. The normalized spacial score (nSPS) is 10.6. The predicted molar refractivity (Wildman–Crippen MR) is 105 cm³/mol. The number of nitrogen functional groups attached to an aromatic ring is 2. The average Bonchev–Trinajstić information content (AvgIpc) is 2.68. The molecule has 8 nitrogen and oxygen atoms in total. The van der Waals surface area contributed by atoms with Crippen LogP contribution in [-0.2, 0) is 6.18 Å². The van der Waals surface area contributed by atoms with Crippen LogP contribution >= 0.6 is 0 Å². The Balaban J connectivity index is 1.65. The number of alkyl halides is 3. The topological polar surface area (TPSA) is 132 Å². The van der Waals surface area contributed by atoms with E-state index in [1.54, 1.807) is 24.3 Å². The lowest BCUT2D eigenvalue weighted by Gasteiger charge is -2.10. The largest absolute Gasteiger partial charge is 0.416 e. The number of aromatic nitrogens is 3. The van der Waals surface area contributed by atoms with Gasteiger partial charge in [-0.15, -0.1) is 0 Å². The molecule has 30 heavy (non-hydrogen) atoms. The van der Waals surface area contributed by atoms with Crippen LogP contribution in [0.1, 0.15) is 16.7 Å². The summed E-state index contributed by atoms with van der Waals surface area (Å²) in [5.41, 5.74) is 11.8. The van der Waals surface area contributed by atoms with E-state index in [-0.39, 0.29) is 17.5 Å². The van der Waals surface area contributed by atoms with E-state index in [9.17, 15) is 18.0 Å². The Bertz CT molecular complexity index is 1120. The number of hydrogen-bond donors (Lipinski definition) is 4. The van der Waals surface area contributed by atoms with Crippen LogP contribution in [0.4, 0.5) is 41.1 Å². The number of benzene rings is 1. The molecule has 2 heterocycles. The number of nitrogens with one attached hydrogen (secondary N) is 2. The molecule has 0 saturated carbocycles. The molecule has 0 spiro atoms. The van der Waals surface area contributed by atoms with Gasteiger partial charge in [0, 0.05) is 17.4 Å². The van der Waals surface area contributed by atoms with Gasteiger partial charge in [-0.25, -0.2) is 19.7 Å². The van der Waals surface area contributed by atoms with E-state index >= 15 is 0 Å². The Labute approximate surface area is 168 Å². The van der Waals surface area contributed by atoms with Gasteiger partial charge in [-0.2, -0.15) is 13.2 Å². The number of nitrogens with zero attached hydrogens (tertiary/aromatic N) is 3. The van der Waals surface area contributed by atoms with Crippen molar-refractivity contribution in [3.05, 3.63) is 65.6 Å². The second-order valence-corrected chi connectivity index (χ2v) is 5.85. The summed E-state index contributed by atoms with van der Waals surface area (Å²) in [6, 6.07) is 7.19. The van der Waals surface area contributed by atoms with Crippen molar-refractivity contribution < 1.29 is 18.0 Å². The number of rotatable bonds is 2. The smallest absolute Gasteiger partial charge is 0.382 e. The molecule has 0 unspecified atom stereocenters. The fourth-order valence-electron chi connectivity index (χ4n) is 2.27. The standard InChI is InChI=1S/C19H14F3N7O/c20-19(21,22)12-7-8-25-15(9-12)29-18(30)28-13-4-1-11(2-5-13)3-6-14-16(23)26-10-27-17(14)24/h1-2,4-5,7-10H,(H4,23,24,26,27)(H2,25,28,29,30). The molecule has 0 radical (unpaired) electrons. The molecule has 0 aliphatic rings. The van der Waals surface area contributed by atoms with Crippen LogP contribution in [0.15, 0.2) is 48.9 Å². The lowest BCUT2D eigenvalue weighted by atomic mass is 10.2. The fraction of sp³-hybridized carbons (Fsp3) is 0.0526. The second-order valence-electron chi connectivity index (χ2n) is 5.85. The summed E-state index contributed by atoms with van der Waals surface area (Å²) >= 11 is 0. The van der Waals surface area contributed by atoms with E-state index in [4.69, 9.17) is 11.5 Å². The van der Waals surface area contributed by atoms with E-state index < -0.39 is 17.8 Å². The van der Waals surface area contributed by atoms with Crippen molar-refractivity contribution in [2.24, 2.45) is 0 Å². The van der Waals surface area contributed by atoms with Gasteiger partial charge in [-0.1, -0.05) is 11.8 Å². The molecule has 2 aromatic heterocycles. The van der Waals surface area contributed by atoms with Crippen LogP contribution in [0.3, 0.4) is 0 Å². The van der Waals surface area contributed by atoms with Crippen molar-refractivity contribution in [1.29, 1.82) is 0 Å². The van der Waals surface area contributed by atoms with Crippen molar-refractivity contribution in [3.8, 4) is 11.8 Å². The van der Waals surface area contributed by atoms with Gasteiger partial charge in [0.25, 0.3) is 0 Å². The maximum Gasteiger partial charge on any atom is 0.416 e. The van der Waals surface area contributed by atoms with E-state index in [1.165, 1.54) is 6.33 Å². The molecule has 0 aliphatic heterocycles. The van der Waals surface area contributed by atoms with Crippen LogP contribution in [0.25, 0.3) is 0 Å². The molecule has 0 atom stereocenters. The first-order chi connectivity index (χ1) is 14.2.